The fourth-order valence-corrected chi connectivity index (χ4v) is 1.84. The number of carbonyl (C=O) groups is 1. The second kappa shape index (κ2) is 7.48. The second-order valence-corrected chi connectivity index (χ2v) is 4.77. The Balaban J connectivity index is 2.15. The Morgan fingerprint density at radius 1 is 1.26 bits per heavy atom. The van der Waals surface area contributed by atoms with E-state index in [1.165, 1.54) is 18.2 Å². The molecule has 0 atom stereocenters. The summed E-state index contributed by atoms with van der Waals surface area (Å²) in [5.74, 6) is -1.67. The number of nitrogens with one attached hydrogen (secondary N) is 2. The molecule has 0 saturated heterocycles. The minimum Gasteiger partial charge on any atom is -0.363 e. The molecule has 0 aliphatic carbocycles. The molecular weight excluding hydrogens is 306 g/mol. The van der Waals surface area contributed by atoms with E-state index in [9.17, 15) is 18.4 Å². The maximum atomic E-state index is 14.0. The van der Waals surface area contributed by atoms with Crippen LogP contribution in [0.15, 0.2) is 35.3 Å². The summed E-state index contributed by atoms with van der Waals surface area (Å²) >= 11 is 0. The van der Waals surface area contributed by atoms with E-state index in [1.807, 2.05) is 6.92 Å². The van der Waals surface area contributed by atoms with Crippen LogP contribution in [0.5, 0.6) is 0 Å². The van der Waals surface area contributed by atoms with Crippen LogP contribution in [0, 0.1) is 11.6 Å². The zero-order valence-corrected chi connectivity index (χ0v) is 12.5. The topological polar surface area (TPSA) is 76.0 Å². The number of anilines is 1. The van der Waals surface area contributed by atoms with E-state index in [2.05, 4.69) is 15.6 Å². The summed E-state index contributed by atoms with van der Waals surface area (Å²) in [6, 6.07) is 5.23. The molecule has 0 bridgehead atoms. The van der Waals surface area contributed by atoms with Crippen LogP contribution in [0.4, 0.5) is 19.4 Å². The summed E-state index contributed by atoms with van der Waals surface area (Å²) in [7, 11) is 0. The zero-order chi connectivity index (χ0) is 16.8. The molecule has 2 aromatic rings. The third-order valence-electron chi connectivity index (χ3n) is 3.03. The largest absolute Gasteiger partial charge is 0.363 e. The molecule has 0 aliphatic heterocycles. The number of hydrogen-bond acceptors (Lipinski definition) is 4. The highest BCUT2D eigenvalue weighted by atomic mass is 19.1. The third kappa shape index (κ3) is 4.12. The molecule has 0 saturated carbocycles. The van der Waals surface area contributed by atoms with E-state index in [0.717, 1.165) is 6.20 Å². The summed E-state index contributed by atoms with van der Waals surface area (Å²) in [5, 5.41) is 5.00. The molecule has 1 amide bonds. The number of rotatable bonds is 5. The highest BCUT2D eigenvalue weighted by Crippen LogP contribution is 2.11. The number of halogens is 2. The molecule has 2 N–H and O–H groups in total. The monoisotopic (exact) mass is 322 g/mol. The van der Waals surface area contributed by atoms with E-state index in [0.29, 0.717) is 23.1 Å². The predicted molar refractivity (Wildman–Crippen MR) is 81.3 cm³/mol. The van der Waals surface area contributed by atoms with Gasteiger partial charge in [0.2, 0.25) is 0 Å². The van der Waals surface area contributed by atoms with Crippen molar-refractivity contribution >= 4 is 11.8 Å². The summed E-state index contributed by atoms with van der Waals surface area (Å²) in [4.78, 5) is 27.0. The van der Waals surface area contributed by atoms with Gasteiger partial charge >= 0.3 is 11.7 Å². The molecule has 8 heteroatoms. The van der Waals surface area contributed by atoms with Crippen molar-refractivity contribution in [2.75, 3.05) is 11.9 Å². The molecule has 0 unspecified atom stereocenters. The molecule has 2 rings (SSSR count). The van der Waals surface area contributed by atoms with Gasteiger partial charge in [0.05, 0.1) is 6.20 Å². The van der Waals surface area contributed by atoms with E-state index in [4.69, 9.17) is 0 Å². The second-order valence-electron chi connectivity index (χ2n) is 4.77. The Bertz CT molecular complexity index is 761. The summed E-state index contributed by atoms with van der Waals surface area (Å²) in [6.45, 7) is 2.17. The Morgan fingerprint density at radius 3 is 2.70 bits per heavy atom. The molecule has 0 radical (unpaired) electrons. The zero-order valence-electron chi connectivity index (χ0n) is 12.5. The van der Waals surface area contributed by atoms with Gasteiger partial charge in [-0.2, -0.15) is 4.98 Å². The molecule has 0 aliphatic rings. The maximum absolute atomic E-state index is 14.0. The first-order valence-corrected chi connectivity index (χ1v) is 7.07. The van der Waals surface area contributed by atoms with Crippen LogP contribution in [0.3, 0.4) is 0 Å². The Hall–Kier alpha value is -2.77. The summed E-state index contributed by atoms with van der Waals surface area (Å²) < 4.78 is 28.0. The average molecular weight is 322 g/mol. The van der Waals surface area contributed by atoms with Crippen molar-refractivity contribution < 1.29 is 13.6 Å². The third-order valence-corrected chi connectivity index (χ3v) is 3.03. The van der Waals surface area contributed by atoms with Crippen molar-refractivity contribution in [3.8, 4) is 0 Å². The van der Waals surface area contributed by atoms with E-state index >= 15 is 0 Å². The number of hydrogen-bond donors (Lipinski definition) is 2. The molecule has 0 fully saturated rings. The van der Waals surface area contributed by atoms with Gasteiger partial charge in [-0.25, -0.2) is 22.9 Å². The summed E-state index contributed by atoms with van der Waals surface area (Å²) in [6.07, 6.45) is 1.43. The lowest BCUT2D eigenvalue weighted by atomic mass is 10.2. The van der Waals surface area contributed by atoms with Crippen molar-refractivity contribution in [1.82, 2.24) is 14.9 Å². The van der Waals surface area contributed by atoms with Crippen LogP contribution < -0.4 is 16.3 Å². The van der Waals surface area contributed by atoms with Gasteiger partial charge in [-0.15, -0.1) is 0 Å². The van der Waals surface area contributed by atoms with Crippen molar-refractivity contribution in [2.24, 2.45) is 0 Å². The Kier molecular flexibility index (Phi) is 5.40. The normalized spacial score (nSPS) is 10.4. The standard InChI is InChI=1S/C15H16F2N4O2/c1-2-7-18-14(22)21-9-12(17)13(20-15(21)23)19-8-10-5-3-4-6-11(10)16/h3-6,9H,2,7-8H2,1H3,(H,18,22)(H,19,20,23). The Morgan fingerprint density at radius 2 is 2.00 bits per heavy atom. The number of amides is 1. The fourth-order valence-electron chi connectivity index (χ4n) is 1.84. The minimum absolute atomic E-state index is 0.0396. The molecule has 0 spiro atoms. The average Bonchev–Trinajstić information content (AvgIpc) is 2.54. The first kappa shape index (κ1) is 16.6. The smallest absolute Gasteiger partial charge is 0.357 e. The number of aromatic nitrogens is 2. The van der Waals surface area contributed by atoms with E-state index < -0.39 is 23.4 Å². The highest BCUT2D eigenvalue weighted by Gasteiger charge is 2.13. The van der Waals surface area contributed by atoms with Crippen molar-refractivity contribution in [2.45, 2.75) is 19.9 Å². The van der Waals surface area contributed by atoms with Crippen LogP contribution in [-0.4, -0.2) is 22.1 Å². The van der Waals surface area contributed by atoms with Gasteiger partial charge in [-0.1, -0.05) is 25.1 Å². The van der Waals surface area contributed by atoms with Gasteiger partial charge < -0.3 is 10.6 Å². The quantitative estimate of drug-likeness (QED) is 0.884. The van der Waals surface area contributed by atoms with Crippen molar-refractivity contribution in [3.63, 3.8) is 0 Å². The SMILES string of the molecule is CCCNC(=O)n1cc(F)c(NCc2ccccc2F)nc1=O. The predicted octanol–water partition coefficient (Wildman–Crippen LogP) is 2.10. The van der Waals surface area contributed by atoms with Crippen LogP contribution in [0.2, 0.25) is 0 Å². The van der Waals surface area contributed by atoms with Crippen molar-refractivity contribution in [1.29, 1.82) is 0 Å². The lowest BCUT2D eigenvalue weighted by molar-refractivity contribution is 0.241. The maximum Gasteiger partial charge on any atom is 0.357 e. The number of nitrogens with zero attached hydrogens (tertiary/aromatic N) is 2. The molecule has 1 aromatic carbocycles. The first-order valence-electron chi connectivity index (χ1n) is 7.07. The van der Waals surface area contributed by atoms with Crippen molar-refractivity contribution in [3.05, 3.63) is 58.1 Å². The van der Waals surface area contributed by atoms with Gasteiger partial charge in [-0.3, -0.25) is 0 Å². The highest BCUT2D eigenvalue weighted by molar-refractivity contribution is 5.76. The minimum atomic E-state index is -0.920. The molecule has 1 heterocycles. The fraction of sp³-hybridized carbons (Fsp3) is 0.267. The van der Waals surface area contributed by atoms with Crippen LogP contribution in [-0.2, 0) is 6.54 Å². The molecule has 1 aromatic heterocycles. The van der Waals surface area contributed by atoms with Crippen LogP contribution in [0.1, 0.15) is 18.9 Å². The van der Waals surface area contributed by atoms with Gasteiger partial charge in [0.25, 0.3) is 0 Å². The van der Waals surface area contributed by atoms with E-state index in [1.54, 1.807) is 6.07 Å². The number of carbonyl (C=O) groups excluding carboxylic acids is 1. The van der Waals surface area contributed by atoms with Gasteiger partial charge in [0, 0.05) is 18.7 Å². The van der Waals surface area contributed by atoms with Crippen LogP contribution in [0.25, 0.3) is 0 Å². The molecular formula is C15H16F2N4O2. The molecule has 6 nitrogen and oxygen atoms in total. The number of benzene rings is 1. The van der Waals surface area contributed by atoms with Gasteiger partial charge in [0.15, 0.2) is 11.6 Å². The Labute approximate surface area is 131 Å². The first-order chi connectivity index (χ1) is 11.0. The van der Waals surface area contributed by atoms with Gasteiger partial charge in [0.1, 0.15) is 5.82 Å². The summed E-state index contributed by atoms with van der Waals surface area (Å²) in [5.41, 5.74) is -0.616. The lowest BCUT2D eigenvalue weighted by Crippen LogP contribution is -2.38. The molecule has 122 valence electrons. The molecule has 23 heavy (non-hydrogen) atoms. The van der Waals surface area contributed by atoms with Crippen LogP contribution >= 0.6 is 0 Å². The van der Waals surface area contributed by atoms with Gasteiger partial charge in [-0.05, 0) is 12.5 Å². The van der Waals surface area contributed by atoms with E-state index in [-0.39, 0.29) is 12.4 Å². The lowest BCUT2D eigenvalue weighted by Gasteiger charge is -2.10.